The maximum absolute atomic E-state index is 5.45. The topological polar surface area (TPSA) is 48.3 Å². The first-order valence-corrected chi connectivity index (χ1v) is 7.14. The van der Waals surface area contributed by atoms with Gasteiger partial charge >= 0.3 is 0 Å². The maximum atomic E-state index is 5.45. The number of nitrogens with zero attached hydrogens (tertiary/aromatic N) is 2. The first-order chi connectivity index (χ1) is 10.2. The molecule has 0 fully saturated rings. The average molecular weight is 289 g/mol. The Kier molecular flexibility index (Phi) is 5.22. The summed E-state index contributed by atoms with van der Waals surface area (Å²) in [6, 6.07) is 8.09. The molecule has 2 rings (SSSR count). The van der Waals surface area contributed by atoms with E-state index < -0.39 is 0 Å². The lowest BCUT2D eigenvalue weighted by Gasteiger charge is -2.21. The van der Waals surface area contributed by atoms with E-state index in [4.69, 9.17) is 9.47 Å². The first-order valence-electron chi connectivity index (χ1n) is 7.14. The van der Waals surface area contributed by atoms with E-state index in [-0.39, 0.29) is 6.04 Å². The maximum Gasteiger partial charge on any atom is 0.161 e. The first kappa shape index (κ1) is 15.4. The second-order valence-corrected chi connectivity index (χ2v) is 4.89. The fourth-order valence-corrected chi connectivity index (χ4v) is 2.40. The van der Waals surface area contributed by atoms with Crippen LogP contribution in [0.4, 0.5) is 0 Å². The third-order valence-corrected chi connectivity index (χ3v) is 3.47. The van der Waals surface area contributed by atoms with Crippen molar-refractivity contribution in [2.45, 2.75) is 19.4 Å². The number of benzene rings is 1. The molecule has 5 heteroatoms. The molecule has 21 heavy (non-hydrogen) atoms. The molecule has 0 radical (unpaired) electrons. The highest BCUT2D eigenvalue weighted by Gasteiger charge is 2.22. The lowest BCUT2D eigenvalue weighted by atomic mass is 10.0. The van der Waals surface area contributed by atoms with Crippen LogP contribution in [-0.4, -0.2) is 30.5 Å². The number of aryl methyl sites for hydroxylation is 1. The van der Waals surface area contributed by atoms with Crippen LogP contribution in [0.3, 0.4) is 0 Å². The second kappa shape index (κ2) is 7.13. The summed E-state index contributed by atoms with van der Waals surface area (Å²) in [7, 11) is 5.28. The van der Waals surface area contributed by atoms with Gasteiger partial charge in [0.2, 0.25) is 0 Å². The molecule has 0 aliphatic heterocycles. The SMILES string of the molecule is CCCNC(c1cccc(OC)c1)c1c(OC)cnn1C. The lowest BCUT2D eigenvalue weighted by Crippen LogP contribution is -2.25. The zero-order valence-electron chi connectivity index (χ0n) is 13.1. The van der Waals surface area contributed by atoms with Gasteiger partial charge in [0.05, 0.1) is 26.5 Å². The number of ether oxygens (including phenoxy) is 2. The fourth-order valence-electron chi connectivity index (χ4n) is 2.40. The zero-order chi connectivity index (χ0) is 15.2. The molecule has 1 aromatic carbocycles. The van der Waals surface area contributed by atoms with Gasteiger partial charge in [-0.1, -0.05) is 19.1 Å². The van der Waals surface area contributed by atoms with Gasteiger partial charge in [-0.3, -0.25) is 4.68 Å². The molecule has 1 unspecified atom stereocenters. The van der Waals surface area contributed by atoms with Crippen molar-refractivity contribution in [3.05, 3.63) is 41.7 Å². The molecule has 2 aromatic rings. The molecular weight excluding hydrogens is 266 g/mol. The molecule has 0 aliphatic carbocycles. The minimum atomic E-state index is 0.0162. The van der Waals surface area contributed by atoms with Gasteiger partial charge in [0, 0.05) is 7.05 Å². The van der Waals surface area contributed by atoms with Crippen molar-refractivity contribution in [1.82, 2.24) is 15.1 Å². The Hall–Kier alpha value is -2.01. The number of methoxy groups -OCH3 is 2. The van der Waals surface area contributed by atoms with Crippen molar-refractivity contribution in [1.29, 1.82) is 0 Å². The van der Waals surface area contributed by atoms with E-state index in [1.165, 1.54) is 0 Å². The molecule has 1 N–H and O–H groups in total. The predicted octanol–water partition coefficient (Wildman–Crippen LogP) is 2.53. The smallest absolute Gasteiger partial charge is 0.161 e. The predicted molar refractivity (Wildman–Crippen MR) is 82.9 cm³/mol. The van der Waals surface area contributed by atoms with Crippen molar-refractivity contribution < 1.29 is 9.47 Å². The second-order valence-electron chi connectivity index (χ2n) is 4.89. The Labute approximate surface area is 125 Å². The lowest BCUT2D eigenvalue weighted by molar-refractivity contribution is 0.399. The molecule has 0 aliphatic rings. The molecule has 0 amide bonds. The van der Waals surface area contributed by atoms with Crippen LogP contribution in [0.2, 0.25) is 0 Å². The number of rotatable bonds is 7. The largest absolute Gasteiger partial charge is 0.497 e. The highest BCUT2D eigenvalue weighted by molar-refractivity contribution is 5.39. The quantitative estimate of drug-likeness (QED) is 0.851. The van der Waals surface area contributed by atoms with Gasteiger partial charge in [0.15, 0.2) is 5.75 Å². The molecule has 0 spiro atoms. The van der Waals surface area contributed by atoms with Crippen LogP contribution in [0.25, 0.3) is 0 Å². The van der Waals surface area contributed by atoms with Gasteiger partial charge in [-0.2, -0.15) is 5.10 Å². The molecule has 5 nitrogen and oxygen atoms in total. The molecule has 1 heterocycles. The van der Waals surface area contributed by atoms with Crippen molar-refractivity contribution in [3.63, 3.8) is 0 Å². The highest BCUT2D eigenvalue weighted by Crippen LogP contribution is 2.31. The summed E-state index contributed by atoms with van der Waals surface area (Å²) in [6.07, 6.45) is 2.80. The third kappa shape index (κ3) is 3.36. The van der Waals surface area contributed by atoms with E-state index >= 15 is 0 Å². The molecule has 0 saturated carbocycles. The summed E-state index contributed by atoms with van der Waals surface area (Å²) in [6.45, 7) is 3.06. The van der Waals surface area contributed by atoms with Gasteiger partial charge < -0.3 is 14.8 Å². The van der Waals surface area contributed by atoms with Gasteiger partial charge in [-0.25, -0.2) is 0 Å². The summed E-state index contributed by atoms with van der Waals surface area (Å²) in [5.41, 5.74) is 2.14. The summed E-state index contributed by atoms with van der Waals surface area (Å²) in [4.78, 5) is 0. The summed E-state index contributed by atoms with van der Waals surface area (Å²) >= 11 is 0. The average Bonchev–Trinajstić information content (AvgIpc) is 2.89. The van der Waals surface area contributed by atoms with Gasteiger partial charge in [0.25, 0.3) is 0 Å². The fraction of sp³-hybridized carbons (Fsp3) is 0.438. The van der Waals surface area contributed by atoms with Gasteiger partial charge in [-0.15, -0.1) is 0 Å². The van der Waals surface area contributed by atoms with E-state index in [1.807, 2.05) is 29.9 Å². The van der Waals surface area contributed by atoms with Crippen molar-refractivity contribution >= 4 is 0 Å². The van der Waals surface area contributed by atoms with Crippen LogP contribution >= 0.6 is 0 Å². The van der Waals surface area contributed by atoms with Crippen molar-refractivity contribution in [3.8, 4) is 11.5 Å². The molecule has 1 atom stereocenters. The van der Waals surface area contributed by atoms with Crippen molar-refractivity contribution in [2.24, 2.45) is 7.05 Å². The number of hydrogen-bond acceptors (Lipinski definition) is 4. The number of nitrogens with one attached hydrogen (secondary N) is 1. The molecule has 0 bridgehead atoms. The Morgan fingerprint density at radius 1 is 1.29 bits per heavy atom. The monoisotopic (exact) mass is 289 g/mol. The van der Waals surface area contributed by atoms with E-state index in [2.05, 4.69) is 23.4 Å². The normalized spacial score (nSPS) is 12.2. The van der Waals surface area contributed by atoms with Crippen LogP contribution in [0.1, 0.15) is 30.6 Å². The van der Waals surface area contributed by atoms with E-state index in [0.29, 0.717) is 0 Å². The van der Waals surface area contributed by atoms with Gasteiger partial charge in [-0.05, 0) is 30.7 Å². The molecule has 114 valence electrons. The van der Waals surface area contributed by atoms with Crippen molar-refractivity contribution in [2.75, 3.05) is 20.8 Å². The molecular formula is C16H23N3O2. The summed E-state index contributed by atoms with van der Waals surface area (Å²) < 4.78 is 12.6. The van der Waals surface area contributed by atoms with E-state index in [0.717, 1.165) is 35.7 Å². The van der Waals surface area contributed by atoms with Crippen LogP contribution in [0.5, 0.6) is 11.5 Å². The van der Waals surface area contributed by atoms with Gasteiger partial charge in [0.1, 0.15) is 11.4 Å². The third-order valence-electron chi connectivity index (χ3n) is 3.47. The molecule has 1 aromatic heterocycles. The number of hydrogen-bond donors (Lipinski definition) is 1. The minimum absolute atomic E-state index is 0.0162. The number of aromatic nitrogens is 2. The Bertz CT molecular complexity index is 581. The Balaban J connectivity index is 2.44. The standard InChI is InChI=1S/C16H23N3O2/c1-5-9-17-15(12-7-6-8-13(10-12)20-3)16-14(21-4)11-18-19(16)2/h6-8,10-11,15,17H,5,9H2,1-4H3. The van der Waals surface area contributed by atoms with Crippen LogP contribution in [-0.2, 0) is 7.05 Å². The summed E-state index contributed by atoms with van der Waals surface area (Å²) in [5, 5.41) is 7.86. The summed E-state index contributed by atoms with van der Waals surface area (Å²) in [5.74, 6) is 1.63. The minimum Gasteiger partial charge on any atom is -0.497 e. The Morgan fingerprint density at radius 3 is 2.76 bits per heavy atom. The van der Waals surface area contributed by atoms with E-state index in [9.17, 15) is 0 Å². The van der Waals surface area contributed by atoms with E-state index in [1.54, 1.807) is 20.4 Å². The van der Waals surface area contributed by atoms with Crippen LogP contribution in [0.15, 0.2) is 30.5 Å². The van der Waals surface area contributed by atoms with Crippen LogP contribution < -0.4 is 14.8 Å². The zero-order valence-corrected chi connectivity index (χ0v) is 13.1. The van der Waals surface area contributed by atoms with Crippen LogP contribution in [0, 0.1) is 0 Å². The Morgan fingerprint density at radius 2 is 2.10 bits per heavy atom. The molecule has 0 saturated heterocycles. The highest BCUT2D eigenvalue weighted by atomic mass is 16.5.